The summed E-state index contributed by atoms with van der Waals surface area (Å²) in [5.74, 6) is -1.87. The molecular formula is C28H38FN5O12S. The molecule has 0 radical (unpaired) electrons. The van der Waals surface area contributed by atoms with Crippen molar-refractivity contribution in [3.63, 3.8) is 0 Å². The Hall–Kier alpha value is -4.49. The van der Waals surface area contributed by atoms with Crippen LogP contribution in [-0.4, -0.2) is 89.1 Å². The number of rotatable bonds is 19. The average Bonchev–Trinajstić information content (AvgIpc) is 2.96. The van der Waals surface area contributed by atoms with Crippen LogP contribution in [0.15, 0.2) is 30.3 Å². The summed E-state index contributed by atoms with van der Waals surface area (Å²) in [7, 11) is -2.45. The van der Waals surface area contributed by atoms with Crippen LogP contribution in [0.4, 0.5) is 10.3 Å². The highest BCUT2D eigenvalue weighted by Gasteiger charge is 2.25. The van der Waals surface area contributed by atoms with Gasteiger partial charge in [0.25, 0.3) is 10.2 Å². The van der Waals surface area contributed by atoms with Crippen LogP contribution in [-0.2, 0) is 29.2 Å². The molecule has 0 saturated carbocycles. The number of halogens is 1. The van der Waals surface area contributed by atoms with Crippen molar-refractivity contribution in [1.82, 2.24) is 9.97 Å². The van der Waals surface area contributed by atoms with E-state index in [4.69, 9.17) is 4.74 Å². The number of ether oxygens (including phenoxy) is 1. The van der Waals surface area contributed by atoms with Gasteiger partial charge in [-0.05, 0) is 36.6 Å². The summed E-state index contributed by atoms with van der Waals surface area (Å²) in [5, 5.41) is 40.3. The Morgan fingerprint density at radius 1 is 1.06 bits per heavy atom. The molecule has 17 nitrogen and oxygen atoms in total. The second kappa shape index (κ2) is 17.4. The van der Waals surface area contributed by atoms with E-state index >= 15 is 0 Å². The molecule has 1 aromatic carbocycles. The Kier molecular flexibility index (Phi) is 14.4. The van der Waals surface area contributed by atoms with Crippen molar-refractivity contribution in [3.8, 4) is 11.3 Å². The predicted octanol–water partition coefficient (Wildman–Crippen LogP) is 2.81. The normalized spacial score (nSPS) is 14.3. The van der Waals surface area contributed by atoms with E-state index < -0.39 is 69.4 Å². The van der Waals surface area contributed by atoms with Crippen LogP contribution in [0.3, 0.4) is 0 Å². The van der Waals surface area contributed by atoms with Crippen LogP contribution in [0.1, 0.15) is 63.6 Å². The van der Waals surface area contributed by atoms with Crippen LogP contribution < -0.4 is 4.31 Å². The van der Waals surface area contributed by atoms with Gasteiger partial charge < -0.3 is 24.6 Å². The van der Waals surface area contributed by atoms with Crippen LogP contribution in [0.5, 0.6) is 0 Å². The van der Waals surface area contributed by atoms with Gasteiger partial charge in [-0.1, -0.05) is 32.9 Å². The number of esters is 1. The number of carbonyl (C=O) groups excluding carboxylic acids is 1. The number of benzene rings is 1. The number of aromatic nitrogens is 2. The van der Waals surface area contributed by atoms with Crippen LogP contribution in [0.2, 0.25) is 0 Å². The van der Waals surface area contributed by atoms with Gasteiger partial charge in [-0.15, -0.1) is 20.2 Å². The molecule has 1 heterocycles. The van der Waals surface area contributed by atoms with E-state index in [-0.39, 0.29) is 36.8 Å². The van der Waals surface area contributed by atoms with Gasteiger partial charge in [0.2, 0.25) is 16.0 Å². The monoisotopic (exact) mass is 687 g/mol. The van der Waals surface area contributed by atoms with Crippen molar-refractivity contribution in [1.29, 1.82) is 0 Å². The first-order valence-electron chi connectivity index (χ1n) is 14.3. The summed E-state index contributed by atoms with van der Waals surface area (Å²) >= 11 is 0. The number of aliphatic hydroxyl groups is 2. The molecule has 0 saturated heterocycles. The summed E-state index contributed by atoms with van der Waals surface area (Å²) in [5.41, 5.74) is 1.50. The molecule has 1 aromatic heterocycles. The number of anilines is 1. The Bertz CT molecular complexity index is 1520. The third-order valence-electron chi connectivity index (χ3n) is 6.69. The lowest BCUT2D eigenvalue weighted by atomic mass is 9.97. The minimum Gasteiger partial charge on any atom is -0.463 e. The van der Waals surface area contributed by atoms with E-state index in [1.54, 1.807) is 6.92 Å². The lowest BCUT2D eigenvalue weighted by molar-refractivity contribution is -0.779. The second-order valence-corrected chi connectivity index (χ2v) is 12.8. The maximum atomic E-state index is 13.7. The van der Waals surface area contributed by atoms with Gasteiger partial charge in [0.1, 0.15) is 24.6 Å². The number of nitrogens with zero attached hydrogens (tertiary/aromatic N) is 5. The molecule has 19 heteroatoms. The van der Waals surface area contributed by atoms with E-state index in [9.17, 15) is 48.0 Å². The molecule has 2 rings (SSSR count). The zero-order chi connectivity index (χ0) is 35.5. The minimum atomic E-state index is -3.73. The topological polar surface area (TPSA) is 235 Å². The van der Waals surface area contributed by atoms with Gasteiger partial charge >= 0.3 is 5.97 Å². The van der Waals surface area contributed by atoms with Crippen molar-refractivity contribution in [2.75, 3.05) is 24.2 Å². The molecule has 0 aliphatic heterocycles. The van der Waals surface area contributed by atoms with E-state index in [0.717, 1.165) is 10.6 Å². The molecule has 2 aromatic rings. The zero-order valence-corrected chi connectivity index (χ0v) is 27.2. The second-order valence-electron chi connectivity index (χ2n) is 10.8. The number of sulfonamides is 1. The fourth-order valence-electron chi connectivity index (χ4n) is 4.24. The van der Waals surface area contributed by atoms with Crippen molar-refractivity contribution in [2.24, 2.45) is 0 Å². The molecular weight excluding hydrogens is 649 g/mol. The Morgan fingerprint density at radius 2 is 1.66 bits per heavy atom. The van der Waals surface area contributed by atoms with Crippen LogP contribution in [0, 0.1) is 26.0 Å². The van der Waals surface area contributed by atoms with Gasteiger partial charge in [0, 0.05) is 31.0 Å². The van der Waals surface area contributed by atoms with Gasteiger partial charge in [-0.2, -0.15) is 0 Å². The summed E-state index contributed by atoms with van der Waals surface area (Å²) in [6.45, 7) is 4.51. The largest absolute Gasteiger partial charge is 0.463 e. The van der Waals surface area contributed by atoms with Gasteiger partial charge in [0.15, 0.2) is 0 Å². The maximum absolute atomic E-state index is 13.7. The summed E-state index contributed by atoms with van der Waals surface area (Å²) in [4.78, 5) is 51.5. The molecule has 0 aliphatic carbocycles. The summed E-state index contributed by atoms with van der Waals surface area (Å²) < 4.78 is 44.0. The molecule has 0 aliphatic rings. The summed E-state index contributed by atoms with van der Waals surface area (Å²) in [6.07, 6.45) is -2.53. The third-order valence-corrected chi connectivity index (χ3v) is 7.85. The predicted molar refractivity (Wildman–Crippen MR) is 165 cm³/mol. The molecule has 0 amide bonds. The minimum absolute atomic E-state index is 0.120. The van der Waals surface area contributed by atoms with Gasteiger partial charge in [-0.3, -0.25) is 4.79 Å². The SMILES string of the molecule is CCC(CC(COC(=O)C[C@H](O)C[C@H](O)/C=C/c1c(-c2ccc(F)cc2)nc(N(C)S(C)(=O)=O)nc1C(C)C)O[N+](=O)[O-])O[N+](=O)[O-]. The Morgan fingerprint density at radius 3 is 2.19 bits per heavy atom. The molecule has 0 fully saturated rings. The Balaban J connectivity index is 2.21. The fraction of sp³-hybridized carbons (Fsp3) is 0.536. The number of hydrogen-bond acceptors (Lipinski definition) is 14. The lowest BCUT2D eigenvalue weighted by Gasteiger charge is -2.21. The standard InChI is InChI=1S/C28H38FN5O12S/c1-6-22(45-33(38)39)15-23(46-34(40)41)16-44-25(37)14-21(36)13-20(35)11-12-24-26(17(2)3)30-28(32(4)47(5,42)43)31-27(24)18-7-9-19(29)10-8-18/h7-12,17,20-23,35-36H,6,13-16H2,1-5H3/b12-11+/t20-,21-,22?,23?/m1/s1. The first kappa shape index (κ1) is 38.7. The molecule has 4 atom stereocenters. The van der Waals surface area contributed by atoms with Crippen LogP contribution >= 0.6 is 0 Å². The number of aliphatic hydroxyl groups excluding tert-OH is 2. The molecule has 0 bridgehead atoms. The highest BCUT2D eigenvalue weighted by Crippen LogP contribution is 2.32. The average molecular weight is 688 g/mol. The first-order chi connectivity index (χ1) is 21.9. The lowest BCUT2D eigenvalue weighted by Crippen LogP contribution is -2.31. The van der Waals surface area contributed by atoms with Crippen molar-refractivity contribution >= 4 is 28.0 Å². The first-order valence-corrected chi connectivity index (χ1v) is 16.2. The molecule has 47 heavy (non-hydrogen) atoms. The van der Waals surface area contributed by atoms with Crippen LogP contribution in [0.25, 0.3) is 17.3 Å². The van der Waals surface area contributed by atoms with Gasteiger partial charge in [-0.25, -0.2) is 27.1 Å². The smallest absolute Gasteiger partial charge is 0.308 e. The van der Waals surface area contributed by atoms with Gasteiger partial charge in [0.05, 0.1) is 36.3 Å². The number of hydrogen-bond donors (Lipinski definition) is 2. The zero-order valence-electron chi connectivity index (χ0n) is 26.4. The molecule has 2 N–H and O–H groups in total. The van der Waals surface area contributed by atoms with E-state index in [2.05, 4.69) is 19.6 Å². The quantitative estimate of drug-likeness (QED) is 0.123. The number of carbonyl (C=O) groups is 1. The summed E-state index contributed by atoms with van der Waals surface area (Å²) in [6, 6.07) is 5.32. The molecule has 0 spiro atoms. The van der Waals surface area contributed by atoms with E-state index in [0.29, 0.717) is 16.8 Å². The third kappa shape index (κ3) is 12.7. The van der Waals surface area contributed by atoms with Crippen molar-refractivity contribution in [2.45, 2.75) is 76.8 Å². The molecule has 260 valence electrons. The van der Waals surface area contributed by atoms with Crippen molar-refractivity contribution in [3.05, 3.63) is 67.6 Å². The van der Waals surface area contributed by atoms with Crippen molar-refractivity contribution < 1.29 is 52.4 Å². The highest BCUT2D eigenvalue weighted by atomic mass is 32.2. The highest BCUT2D eigenvalue weighted by molar-refractivity contribution is 7.92. The Labute approximate surface area is 270 Å². The fourth-order valence-corrected chi connectivity index (χ4v) is 4.62. The van der Waals surface area contributed by atoms with E-state index in [1.165, 1.54) is 43.5 Å². The maximum Gasteiger partial charge on any atom is 0.308 e. The van der Waals surface area contributed by atoms with E-state index in [1.807, 2.05) is 13.8 Å². The molecule has 2 unspecified atom stereocenters.